The van der Waals surface area contributed by atoms with Gasteiger partial charge in [-0.15, -0.1) is 5.10 Å². The van der Waals surface area contributed by atoms with Gasteiger partial charge in [-0.2, -0.15) is 4.68 Å². The summed E-state index contributed by atoms with van der Waals surface area (Å²) < 4.78 is 32.6. The normalized spacial score (nSPS) is 10.5. The van der Waals surface area contributed by atoms with Crippen molar-refractivity contribution >= 4 is 6.09 Å². The molecular formula is C16H13F2N5O2. The summed E-state index contributed by atoms with van der Waals surface area (Å²) in [5, 5.41) is 13.4. The van der Waals surface area contributed by atoms with Crippen molar-refractivity contribution in [2.75, 3.05) is 0 Å². The van der Waals surface area contributed by atoms with Crippen LogP contribution in [0.4, 0.5) is 13.6 Å². The number of carbonyl (C=O) groups is 1. The molecule has 9 heteroatoms. The van der Waals surface area contributed by atoms with E-state index >= 15 is 0 Å². The SMILES string of the molecule is O=C(NCc1nnnn1-c1ccc(F)c(F)c1)OCc1ccccc1. The average molecular weight is 345 g/mol. The van der Waals surface area contributed by atoms with Crippen molar-refractivity contribution in [1.82, 2.24) is 25.5 Å². The van der Waals surface area contributed by atoms with Crippen molar-refractivity contribution < 1.29 is 18.3 Å². The lowest BCUT2D eigenvalue weighted by molar-refractivity contribution is 0.139. The Balaban J connectivity index is 1.59. The third-order valence-corrected chi connectivity index (χ3v) is 3.29. The Morgan fingerprint density at radius 2 is 1.92 bits per heavy atom. The number of benzene rings is 2. The van der Waals surface area contributed by atoms with Gasteiger partial charge in [0.05, 0.1) is 12.2 Å². The van der Waals surface area contributed by atoms with Gasteiger partial charge in [-0.3, -0.25) is 0 Å². The number of hydrogen-bond acceptors (Lipinski definition) is 5. The van der Waals surface area contributed by atoms with Crippen molar-refractivity contribution in [2.45, 2.75) is 13.2 Å². The number of rotatable bonds is 5. The Morgan fingerprint density at radius 1 is 1.12 bits per heavy atom. The van der Waals surface area contributed by atoms with E-state index in [4.69, 9.17) is 4.74 Å². The van der Waals surface area contributed by atoms with E-state index in [9.17, 15) is 13.6 Å². The van der Waals surface area contributed by atoms with Gasteiger partial charge in [0.15, 0.2) is 17.5 Å². The average Bonchev–Trinajstić information content (AvgIpc) is 3.10. The summed E-state index contributed by atoms with van der Waals surface area (Å²) >= 11 is 0. The lowest BCUT2D eigenvalue weighted by Crippen LogP contribution is -2.25. The molecule has 0 unspecified atom stereocenters. The van der Waals surface area contributed by atoms with Gasteiger partial charge in [-0.1, -0.05) is 30.3 Å². The van der Waals surface area contributed by atoms with Gasteiger partial charge in [-0.05, 0) is 28.1 Å². The van der Waals surface area contributed by atoms with Crippen LogP contribution in [0.1, 0.15) is 11.4 Å². The van der Waals surface area contributed by atoms with E-state index in [1.54, 1.807) is 0 Å². The van der Waals surface area contributed by atoms with Crippen LogP contribution in [-0.2, 0) is 17.9 Å². The molecule has 7 nitrogen and oxygen atoms in total. The molecule has 1 N–H and O–H groups in total. The Kier molecular flexibility index (Phi) is 4.93. The van der Waals surface area contributed by atoms with Gasteiger partial charge in [0.1, 0.15) is 6.61 Å². The summed E-state index contributed by atoms with van der Waals surface area (Å²) in [6.07, 6.45) is -0.649. The smallest absolute Gasteiger partial charge is 0.407 e. The summed E-state index contributed by atoms with van der Waals surface area (Å²) in [6, 6.07) is 12.5. The van der Waals surface area contributed by atoms with Crippen LogP contribution in [0.15, 0.2) is 48.5 Å². The first-order chi connectivity index (χ1) is 12.1. The first kappa shape index (κ1) is 16.5. The molecule has 0 spiro atoms. The molecule has 0 aliphatic heterocycles. The largest absolute Gasteiger partial charge is 0.445 e. The number of ether oxygens (including phenoxy) is 1. The number of hydrogen-bond donors (Lipinski definition) is 1. The van der Waals surface area contributed by atoms with Crippen molar-refractivity contribution in [1.29, 1.82) is 0 Å². The number of carbonyl (C=O) groups excluding carboxylic acids is 1. The fourth-order valence-electron chi connectivity index (χ4n) is 2.06. The molecule has 0 radical (unpaired) electrons. The predicted octanol–water partition coefficient (Wildman–Crippen LogP) is 2.37. The molecule has 25 heavy (non-hydrogen) atoms. The summed E-state index contributed by atoms with van der Waals surface area (Å²) in [5.41, 5.74) is 1.09. The molecule has 1 amide bonds. The maximum atomic E-state index is 13.3. The van der Waals surface area contributed by atoms with Crippen LogP contribution >= 0.6 is 0 Å². The van der Waals surface area contributed by atoms with Crippen LogP contribution in [0.25, 0.3) is 5.69 Å². The highest BCUT2D eigenvalue weighted by atomic mass is 19.2. The van der Waals surface area contributed by atoms with Crippen molar-refractivity contribution in [3.63, 3.8) is 0 Å². The minimum absolute atomic E-state index is 0.0420. The second-order valence-corrected chi connectivity index (χ2v) is 5.02. The molecule has 3 aromatic rings. The summed E-state index contributed by atoms with van der Waals surface area (Å²) in [4.78, 5) is 11.7. The first-order valence-electron chi connectivity index (χ1n) is 7.31. The van der Waals surface area contributed by atoms with Crippen LogP contribution in [0, 0.1) is 11.6 Å². The lowest BCUT2D eigenvalue weighted by Gasteiger charge is -2.08. The number of halogens is 2. The fourth-order valence-corrected chi connectivity index (χ4v) is 2.06. The highest BCUT2D eigenvalue weighted by molar-refractivity contribution is 5.67. The second kappa shape index (κ2) is 7.47. The number of amides is 1. The van der Waals surface area contributed by atoms with Crippen LogP contribution in [0.3, 0.4) is 0 Å². The highest BCUT2D eigenvalue weighted by Gasteiger charge is 2.12. The van der Waals surface area contributed by atoms with Gasteiger partial charge in [-0.25, -0.2) is 13.6 Å². The molecule has 0 atom stereocenters. The van der Waals surface area contributed by atoms with E-state index in [-0.39, 0.29) is 24.7 Å². The standard InChI is InChI=1S/C16H13F2N5O2/c17-13-7-6-12(8-14(13)18)23-15(20-21-22-23)9-19-16(24)25-10-11-4-2-1-3-5-11/h1-8H,9-10H2,(H,19,24). The van der Waals surface area contributed by atoms with Crippen LogP contribution < -0.4 is 5.32 Å². The van der Waals surface area contributed by atoms with Gasteiger partial charge in [0, 0.05) is 6.07 Å². The fraction of sp³-hybridized carbons (Fsp3) is 0.125. The Bertz CT molecular complexity index is 870. The van der Waals surface area contributed by atoms with E-state index in [0.29, 0.717) is 0 Å². The zero-order valence-electron chi connectivity index (χ0n) is 12.9. The van der Waals surface area contributed by atoms with Gasteiger partial charge in [0.25, 0.3) is 0 Å². The third kappa shape index (κ3) is 4.14. The number of nitrogens with one attached hydrogen (secondary N) is 1. The Hall–Kier alpha value is -3.36. The number of alkyl carbamates (subject to hydrolysis) is 1. The summed E-state index contributed by atoms with van der Waals surface area (Å²) in [7, 11) is 0. The molecule has 0 saturated heterocycles. The molecule has 1 heterocycles. The second-order valence-electron chi connectivity index (χ2n) is 5.02. The molecule has 0 aliphatic rings. The third-order valence-electron chi connectivity index (χ3n) is 3.29. The van der Waals surface area contributed by atoms with Crippen LogP contribution in [0.2, 0.25) is 0 Å². The number of tetrazole rings is 1. The van der Waals surface area contributed by atoms with E-state index in [0.717, 1.165) is 17.7 Å². The molecule has 0 bridgehead atoms. The molecule has 0 fully saturated rings. The van der Waals surface area contributed by atoms with Crippen molar-refractivity contribution in [3.05, 3.63) is 71.6 Å². The zero-order chi connectivity index (χ0) is 17.6. The zero-order valence-corrected chi connectivity index (χ0v) is 12.9. The predicted molar refractivity (Wildman–Crippen MR) is 82.5 cm³/mol. The minimum Gasteiger partial charge on any atom is -0.445 e. The lowest BCUT2D eigenvalue weighted by atomic mass is 10.2. The molecule has 3 rings (SSSR count). The van der Waals surface area contributed by atoms with Gasteiger partial charge < -0.3 is 10.1 Å². The maximum Gasteiger partial charge on any atom is 0.407 e. The quantitative estimate of drug-likeness (QED) is 0.768. The molecule has 128 valence electrons. The maximum absolute atomic E-state index is 13.3. The minimum atomic E-state index is -1.02. The van der Waals surface area contributed by atoms with E-state index < -0.39 is 17.7 Å². The van der Waals surface area contributed by atoms with Gasteiger partial charge >= 0.3 is 6.09 Å². The van der Waals surface area contributed by atoms with Crippen molar-refractivity contribution in [3.8, 4) is 5.69 Å². The van der Waals surface area contributed by atoms with Crippen LogP contribution in [-0.4, -0.2) is 26.3 Å². The van der Waals surface area contributed by atoms with E-state index in [2.05, 4.69) is 20.8 Å². The van der Waals surface area contributed by atoms with Gasteiger partial charge in [0.2, 0.25) is 0 Å². The summed E-state index contributed by atoms with van der Waals surface area (Å²) in [5.74, 6) is -1.75. The van der Waals surface area contributed by atoms with Crippen LogP contribution in [0.5, 0.6) is 0 Å². The first-order valence-corrected chi connectivity index (χ1v) is 7.31. The number of aromatic nitrogens is 4. The van der Waals surface area contributed by atoms with Crippen molar-refractivity contribution in [2.24, 2.45) is 0 Å². The molecule has 0 aliphatic carbocycles. The summed E-state index contributed by atoms with van der Waals surface area (Å²) in [6.45, 7) is 0.0837. The highest BCUT2D eigenvalue weighted by Crippen LogP contribution is 2.13. The molecule has 2 aromatic carbocycles. The monoisotopic (exact) mass is 345 g/mol. The molecule has 1 aromatic heterocycles. The van der Waals surface area contributed by atoms with E-state index in [1.807, 2.05) is 30.3 Å². The molecular weight excluding hydrogens is 332 g/mol. The number of nitrogens with zero attached hydrogens (tertiary/aromatic N) is 4. The Labute approximate surface area is 141 Å². The topological polar surface area (TPSA) is 81.9 Å². The molecule has 0 saturated carbocycles. The van der Waals surface area contributed by atoms with E-state index in [1.165, 1.54) is 10.7 Å². The Morgan fingerprint density at radius 3 is 2.68 bits per heavy atom.